The van der Waals surface area contributed by atoms with E-state index < -0.39 is 9.84 Å². The van der Waals surface area contributed by atoms with Crippen molar-refractivity contribution in [2.24, 2.45) is 0 Å². The first-order valence-electron chi connectivity index (χ1n) is 6.50. The molecule has 1 aromatic carbocycles. The van der Waals surface area contributed by atoms with Crippen LogP contribution in [-0.2, 0) is 9.84 Å². The molecule has 3 aromatic heterocycles. The fraction of sp³-hybridized carbons (Fsp3) is 0.0769. The molecule has 23 heavy (non-hydrogen) atoms. The van der Waals surface area contributed by atoms with Gasteiger partial charge in [0.25, 0.3) is 10.9 Å². The lowest BCUT2D eigenvalue weighted by Gasteiger charge is -1.99. The highest BCUT2D eigenvalue weighted by Crippen LogP contribution is 2.32. The third-order valence-corrected chi connectivity index (χ3v) is 5.08. The number of hydrogen-bond acceptors (Lipinski definition) is 8. The molecule has 0 saturated heterocycles. The molecule has 0 radical (unpaired) electrons. The molecule has 0 saturated carbocycles. The Hall–Kier alpha value is -2.59. The van der Waals surface area contributed by atoms with Gasteiger partial charge in [0.1, 0.15) is 0 Å². The molecular formula is C13H10N6O2S2. The van der Waals surface area contributed by atoms with E-state index in [0.29, 0.717) is 5.82 Å². The quantitative estimate of drug-likeness (QED) is 0.583. The maximum absolute atomic E-state index is 11.6. The summed E-state index contributed by atoms with van der Waals surface area (Å²) in [6, 6.07) is 7.88. The standard InChI is InChI=1S/C13H10N6O2S2/c1-23(20,21)13-16-11(14)19-12(17-13)15-10(18-19)8-6-22-9-5-3-2-4-7(8)9/h2-6H,1H3,(H2,14,15,16,17,18). The van der Waals surface area contributed by atoms with E-state index in [0.717, 1.165) is 21.9 Å². The first kappa shape index (κ1) is 14.0. The van der Waals surface area contributed by atoms with Crippen LogP contribution < -0.4 is 5.73 Å². The molecule has 0 aliphatic carbocycles. The number of anilines is 1. The molecule has 0 aliphatic heterocycles. The molecule has 116 valence electrons. The summed E-state index contributed by atoms with van der Waals surface area (Å²) >= 11 is 1.58. The van der Waals surface area contributed by atoms with E-state index in [1.165, 1.54) is 4.52 Å². The Morgan fingerprint density at radius 1 is 1.17 bits per heavy atom. The van der Waals surface area contributed by atoms with E-state index in [2.05, 4.69) is 20.1 Å². The number of aromatic nitrogens is 5. The summed E-state index contributed by atoms with van der Waals surface area (Å²) in [7, 11) is -3.58. The summed E-state index contributed by atoms with van der Waals surface area (Å²) in [5.41, 5.74) is 6.62. The zero-order valence-corrected chi connectivity index (χ0v) is 13.5. The number of hydrogen-bond donors (Lipinski definition) is 1. The number of nitrogens with two attached hydrogens (primary N) is 1. The lowest BCUT2D eigenvalue weighted by molar-refractivity contribution is 0.592. The predicted molar refractivity (Wildman–Crippen MR) is 86.9 cm³/mol. The van der Waals surface area contributed by atoms with Crippen molar-refractivity contribution < 1.29 is 8.42 Å². The van der Waals surface area contributed by atoms with Gasteiger partial charge in [0.05, 0.1) is 0 Å². The lowest BCUT2D eigenvalue weighted by atomic mass is 10.2. The summed E-state index contributed by atoms with van der Waals surface area (Å²) in [5.74, 6) is 0.450. The average Bonchev–Trinajstić information content (AvgIpc) is 3.09. The van der Waals surface area contributed by atoms with E-state index >= 15 is 0 Å². The molecule has 0 amide bonds. The Bertz CT molecular complexity index is 1160. The molecule has 10 heteroatoms. The van der Waals surface area contributed by atoms with Gasteiger partial charge in [0, 0.05) is 27.3 Å². The van der Waals surface area contributed by atoms with Crippen LogP contribution in [0.25, 0.3) is 27.3 Å². The summed E-state index contributed by atoms with van der Waals surface area (Å²) in [6.45, 7) is 0. The molecule has 3 heterocycles. The minimum Gasteiger partial charge on any atom is -0.368 e. The second-order valence-corrected chi connectivity index (χ2v) is 7.75. The molecule has 0 spiro atoms. The number of benzene rings is 1. The molecule has 0 fully saturated rings. The predicted octanol–water partition coefficient (Wildman–Crippen LogP) is 1.39. The minimum absolute atomic E-state index is 0.0753. The van der Waals surface area contributed by atoms with Crippen molar-refractivity contribution in [2.45, 2.75) is 5.16 Å². The fourth-order valence-corrected chi connectivity index (χ4v) is 3.66. The van der Waals surface area contributed by atoms with Gasteiger partial charge < -0.3 is 5.73 Å². The van der Waals surface area contributed by atoms with Crippen LogP contribution in [0.2, 0.25) is 0 Å². The van der Waals surface area contributed by atoms with E-state index in [-0.39, 0.29) is 16.9 Å². The van der Waals surface area contributed by atoms with Crippen molar-refractivity contribution in [1.82, 2.24) is 24.6 Å². The van der Waals surface area contributed by atoms with E-state index in [1.807, 2.05) is 29.6 Å². The van der Waals surface area contributed by atoms with Crippen LogP contribution in [0.3, 0.4) is 0 Å². The smallest absolute Gasteiger partial charge is 0.258 e. The first-order valence-corrected chi connectivity index (χ1v) is 9.27. The van der Waals surface area contributed by atoms with Gasteiger partial charge in [-0.2, -0.15) is 19.5 Å². The lowest BCUT2D eigenvalue weighted by Crippen LogP contribution is -2.11. The monoisotopic (exact) mass is 346 g/mol. The number of nitrogen functional groups attached to an aromatic ring is 1. The Balaban J connectivity index is 1.97. The number of thiophene rings is 1. The topological polar surface area (TPSA) is 116 Å². The van der Waals surface area contributed by atoms with Crippen LogP contribution in [0.1, 0.15) is 0 Å². The molecule has 0 atom stereocenters. The molecule has 0 unspecified atom stereocenters. The molecular weight excluding hydrogens is 336 g/mol. The van der Waals surface area contributed by atoms with Crippen LogP contribution in [0, 0.1) is 0 Å². The molecule has 8 nitrogen and oxygen atoms in total. The third-order valence-electron chi connectivity index (χ3n) is 3.27. The molecule has 2 N–H and O–H groups in total. The maximum atomic E-state index is 11.6. The molecule has 0 aliphatic rings. The summed E-state index contributed by atoms with van der Waals surface area (Å²) in [5, 5.41) is 6.89. The van der Waals surface area contributed by atoms with Crippen molar-refractivity contribution in [3.63, 3.8) is 0 Å². The molecule has 0 bridgehead atoms. The Morgan fingerprint density at radius 3 is 2.74 bits per heavy atom. The van der Waals surface area contributed by atoms with Gasteiger partial charge in [-0.05, 0) is 6.07 Å². The van der Waals surface area contributed by atoms with Crippen molar-refractivity contribution in [3.8, 4) is 11.4 Å². The van der Waals surface area contributed by atoms with Crippen molar-refractivity contribution in [3.05, 3.63) is 29.6 Å². The zero-order valence-electron chi connectivity index (χ0n) is 11.8. The third kappa shape index (κ3) is 2.23. The van der Waals surface area contributed by atoms with Gasteiger partial charge in [-0.3, -0.25) is 0 Å². The van der Waals surface area contributed by atoms with Crippen LogP contribution in [0.15, 0.2) is 34.8 Å². The normalized spacial score (nSPS) is 12.2. The summed E-state index contributed by atoms with van der Waals surface area (Å²) in [6.07, 6.45) is 1.02. The van der Waals surface area contributed by atoms with E-state index in [1.54, 1.807) is 11.3 Å². The van der Waals surface area contributed by atoms with Gasteiger partial charge in [-0.1, -0.05) is 18.2 Å². The highest BCUT2D eigenvalue weighted by molar-refractivity contribution is 7.90. The number of rotatable bonds is 2. The van der Waals surface area contributed by atoms with Crippen LogP contribution in [-0.4, -0.2) is 39.2 Å². The Morgan fingerprint density at radius 2 is 1.96 bits per heavy atom. The van der Waals surface area contributed by atoms with E-state index in [9.17, 15) is 8.42 Å². The van der Waals surface area contributed by atoms with Crippen LogP contribution in [0.4, 0.5) is 5.95 Å². The summed E-state index contributed by atoms with van der Waals surface area (Å²) in [4.78, 5) is 12.0. The second kappa shape index (κ2) is 4.70. The van der Waals surface area contributed by atoms with Gasteiger partial charge in [-0.15, -0.1) is 16.4 Å². The average molecular weight is 346 g/mol. The molecule has 4 aromatic rings. The van der Waals surface area contributed by atoms with E-state index in [4.69, 9.17) is 5.73 Å². The first-order chi connectivity index (χ1) is 10.9. The maximum Gasteiger partial charge on any atom is 0.258 e. The van der Waals surface area contributed by atoms with Crippen molar-refractivity contribution >= 4 is 43.0 Å². The van der Waals surface area contributed by atoms with Gasteiger partial charge in [-0.25, -0.2) is 8.42 Å². The van der Waals surface area contributed by atoms with Crippen molar-refractivity contribution in [2.75, 3.05) is 12.0 Å². The second-order valence-electron chi connectivity index (χ2n) is 4.93. The van der Waals surface area contributed by atoms with Crippen molar-refractivity contribution in [1.29, 1.82) is 0 Å². The zero-order chi connectivity index (χ0) is 16.2. The minimum atomic E-state index is -3.58. The van der Waals surface area contributed by atoms with Gasteiger partial charge >= 0.3 is 0 Å². The fourth-order valence-electron chi connectivity index (χ4n) is 2.22. The highest BCUT2D eigenvalue weighted by atomic mass is 32.2. The van der Waals surface area contributed by atoms with Crippen LogP contribution >= 0.6 is 11.3 Å². The van der Waals surface area contributed by atoms with Crippen LogP contribution in [0.5, 0.6) is 0 Å². The Labute approximate surface area is 134 Å². The highest BCUT2D eigenvalue weighted by Gasteiger charge is 2.18. The largest absolute Gasteiger partial charge is 0.368 e. The van der Waals surface area contributed by atoms with Gasteiger partial charge in [0.2, 0.25) is 15.8 Å². The number of nitrogens with zero attached hydrogens (tertiary/aromatic N) is 5. The summed E-state index contributed by atoms with van der Waals surface area (Å²) < 4.78 is 25.5. The number of fused-ring (bicyclic) bond motifs is 2. The van der Waals surface area contributed by atoms with Gasteiger partial charge in [0.15, 0.2) is 5.82 Å². The SMILES string of the molecule is CS(=O)(=O)c1nc(N)n2nc(-c3csc4ccccc34)nc2n1. The Kier molecular flexibility index (Phi) is 2.87. The molecule has 4 rings (SSSR count). The number of sulfone groups is 1.